The Labute approximate surface area is 87.3 Å². The van der Waals surface area contributed by atoms with E-state index >= 15 is 0 Å². The fourth-order valence-electron chi connectivity index (χ4n) is 1.15. The van der Waals surface area contributed by atoms with E-state index < -0.39 is 36.1 Å². The molecular weight excluding hydrogens is 232 g/mol. The maximum atomic E-state index is 13.2. The van der Waals surface area contributed by atoms with Gasteiger partial charge in [-0.2, -0.15) is 13.9 Å². The lowest BCUT2D eigenvalue weighted by atomic mass is 10.1. The van der Waals surface area contributed by atoms with Gasteiger partial charge < -0.3 is 5.11 Å². The molecule has 0 aliphatic carbocycles. The minimum atomic E-state index is -4.20. The Morgan fingerprint density at radius 1 is 1.62 bits per heavy atom. The van der Waals surface area contributed by atoms with E-state index in [4.69, 9.17) is 5.11 Å². The van der Waals surface area contributed by atoms with Crippen LogP contribution in [0.5, 0.6) is 0 Å². The number of hydrogen-bond acceptors (Lipinski definition) is 2. The predicted octanol–water partition coefficient (Wildman–Crippen LogP) is 2.03. The minimum absolute atomic E-state index is 0.270. The van der Waals surface area contributed by atoms with E-state index in [-0.39, 0.29) is 5.56 Å². The summed E-state index contributed by atoms with van der Waals surface area (Å²) in [4.78, 5) is 10.5. The predicted molar refractivity (Wildman–Crippen MR) is 45.1 cm³/mol. The van der Waals surface area contributed by atoms with E-state index in [1.54, 1.807) is 0 Å². The summed E-state index contributed by atoms with van der Waals surface area (Å²) in [5.74, 6) is -5.68. The molecule has 2 N–H and O–H groups in total. The smallest absolute Gasteiger partial charge is 0.356 e. The fourth-order valence-corrected chi connectivity index (χ4v) is 1.15. The molecule has 0 aliphatic rings. The average molecular weight is 240 g/mol. The van der Waals surface area contributed by atoms with Gasteiger partial charge in [-0.25, -0.2) is 13.6 Å². The van der Waals surface area contributed by atoms with E-state index in [1.807, 2.05) is 5.10 Å². The highest BCUT2D eigenvalue weighted by Gasteiger charge is 2.43. The van der Waals surface area contributed by atoms with E-state index in [9.17, 15) is 22.4 Å². The van der Waals surface area contributed by atoms with Crippen LogP contribution in [0.3, 0.4) is 0 Å². The monoisotopic (exact) mass is 240 g/mol. The van der Waals surface area contributed by atoms with Crippen molar-refractivity contribution in [1.29, 1.82) is 0 Å². The maximum Gasteiger partial charge on any atom is 0.356 e. The molecule has 1 heterocycles. The third-order valence-corrected chi connectivity index (χ3v) is 2.05. The van der Waals surface area contributed by atoms with Crippen molar-refractivity contribution in [3.63, 3.8) is 0 Å². The Morgan fingerprint density at radius 3 is 2.56 bits per heavy atom. The largest absolute Gasteiger partial charge is 0.476 e. The SMILES string of the molecule is Cc1c(C(=O)O)n[nH]c1C(F)C(F)(F)CF. The van der Waals surface area contributed by atoms with Crippen molar-refractivity contribution in [2.45, 2.75) is 19.0 Å². The Kier molecular flexibility index (Phi) is 3.20. The van der Waals surface area contributed by atoms with Crippen LogP contribution in [-0.2, 0) is 0 Å². The molecule has 0 aliphatic heterocycles. The standard InChI is InChI=1S/C8H8F4N2O2/c1-3-4(6(10)8(11,12)2-9)13-14-5(3)7(15)16/h6H,2H2,1H3,(H,13,14)(H,15,16). The van der Waals surface area contributed by atoms with Crippen molar-refractivity contribution in [1.82, 2.24) is 10.2 Å². The van der Waals surface area contributed by atoms with Gasteiger partial charge in [0.2, 0.25) is 6.17 Å². The Balaban J connectivity index is 3.11. The highest BCUT2D eigenvalue weighted by atomic mass is 19.3. The van der Waals surface area contributed by atoms with Crippen LogP contribution >= 0.6 is 0 Å². The summed E-state index contributed by atoms with van der Waals surface area (Å²) in [5, 5.41) is 13.6. The maximum absolute atomic E-state index is 13.2. The zero-order chi connectivity index (χ0) is 12.5. The van der Waals surface area contributed by atoms with Gasteiger partial charge in [-0.3, -0.25) is 5.10 Å². The van der Waals surface area contributed by atoms with Gasteiger partial charge in [-0.05, 0) is 6.92 Å². The van der Waals surface area contributed by atoms with Gasteiger partial charge >= 0.3 is 11.9 Å². The van der Waals surface area contributed by atoms with Gasteiger partial charge in [0.25, 0.3) is 0 Å². The lowest BCUT2D eigenvalue weighted by molar-refractivity contribution is -0.0913. The molecule has 90 valence electrons. The normalized spacial score (nSPS) is 13.8. The summed E-state index contributed by atoms with van der Waals surface area (Å²) in [7, 11) is 0. The number of H-pyrrole nitrogens is 1. The summed E-state index contributed by atoms with van der Waals surface area (Å²) in [6, 6.07) is 0. The average Bonchev–Trinajstić information content (AvgIpc) is 2.59. The summed E-state index contributed by atoms with van der Waals surface area (Å²) in [5.41, 5.74) is -1.56. The molecule has 1 atom stereocenters. The van der Waals surface area contributed by atoms with Gasteiger partial charge in [0.1, 0.15) is 0 Å². The third kappa shape index (κ3) is 2.00. The minimum Gasteiger partial charge on any atom is -0.476 e. The van der Waals surface area contributed by atoms with Crippen molar-refractivity contribution < 1.29 is 27.5 Å². The van der Waals surface area contributed by atoms with E-state index in [0.717, 1.165) is 6.92 Å². The van der Waals surface area contributed by atoms with Crippen LogP contribution in [0.15, 0.2) is 0 Å². The number of carboxylic acids is 1. The van der Waals surface area contributed by atoms with Gasteiger partial charge in [0.15, 0.2) is 12.4 Å². The molecule has 0 saturated carbocycles. The first-order valence-corrected chi connectivity index (χ1v) is 4.17. The number of aromatic nitrogens is 2. The molecule has 1 aromatic heterocycles. The number of hydrogen-bond donors (Lipinski definition) is 2. The Bertz CT molecular complexity index is 405. The van der Waals surface area contributed by atoms with Crippen LogP contribution in [0.2, 0.25) is 0 Å². The molecule has 0 spiro atoms. The van der Waals surface area contributed by atoms with Crippen molar-refractivity contribution in [2.24, 2.45) is 0 Å². The molecule has 0 aromatic carbocycles. The second-order valence-electron chi connectivity index (χ2n) is 3.17. The van der Waals surface area contributed by atoms with Crippen LogP contribution < -0.4 is 0 Å². The number of nitrogens with zero attached hydrogens (tertiary/aromatic N) is 1. The molecule has 0 bridgehead atoms. The molecule has 1 aromatic rings. The molecule has 4 nitrogen and oxygen atoms in total. The van der Waals surface area contributed by atoms with Gasteiger partial charge in [-0.15, -0.1) is 0 Å². The summed E-state index contributed by atoms with van der Waals surface area (Å²) < 4.78 is 50.4. The number of nitrogens with one attached hydrogen (secondary N) is 1. The molecule has 8 heteroatoms. The lowest BCUT2D eigenvalue weighted by Gasteiger charge is -2.16. The van der Waals surface area contributed by atoms with Gasteiger partial charge in [0, 0.05) is 5.56 Å². The van der Waals surface area contributed by atoms with Crippen LogP contribution in [0.25, 0.3) is 0 Å². The molecule has 0 fully saturated rings. The molecule has 16 heavy (non-hydrogen) atoms. The fraction of sp³-hybridized carbons (Fsp3) is 0.500. The number of carboxylic acid groups (broad SMARTS) is 1. The van der Waals surface area contributed by atoms with Crippen LogP contribution in [0.4, 0.5) is 17.6 Å². The Morgan fingerprint density at radius 2 is 2.19 bits per heavy atom. The number of aromatic carboxylic acids is 1. The van der Waals surface area contributed by atoms with E-state index in [1.165, 1.54) is 0 Å². The van der Waals surface area contributed by atoms with Gasteiger partial charge in [0.05, 0.1) is 5.69 Å². The number of halogens is 4. The number of alkyl halides is 4. The quantitative estimate of drug-likeness (QED) is 0.791. The highest BCUT2D eigenvalue weighted by molar-refractivity contribution is 5.87. The van der Waals surface area contributed by atoms with Crippen LogP contribution in [0, 0.1) is 6.92 Å². The van der Waals surface area contributed by atoms with Crippen molar-refractivity contribution in [3.8, 4) is 0 Å². The lowest BCUT2D eigenvalue weighted by Crippen LogP contribution is -2.26. The molecule has 1 rings (SSSR count). The molecule has 0 amide bonds. The highest BCUT2D eigenvalue weighted by Crippen LogP contribution is 2.36. The second-order valence-corrected chi connectivity index (χ2v) is 3.17. The third-order valence-electron chi connectivity index (χ3n) is 2.05. The first kappa shape index (κ1) is 12.5. The first-order valence-electron chi connectivity index (χ1n) is 4.17. The topological polar surface area (TPSA) is 66.0 Å². The van der Waals surface area contributed by atoms with Crippen molar-refractivity contribution >= 4 is 5.97 Å². The summed E-state index contributed by atoms with van der Waals surface area (Å²) in [6.07, 6.45) is -2.95. The number of aromatic amines is 1. The van der Waals surface area contributed by atoms with E-state index in [2.05, 4.69) is 5.10 Å². The molecular formula is C8H8F4N2O2. The summed E-state index contributed by atoms with van der Waals surface area (Å²) >= 11 is 0. The molecule has 0 radical (unpaired) electrons. The molecule has 0 saturated heterocycles. The zero-order valence-corrected chi connectivity index (χ0v) is 8.10. The van der Waals surface area contributed by atoms with Crippen molar-refractivity contribution in [2.75, 3.05) is 6.67 Å². The van der Waals surface area contributed by atoms with Gasteiger partial charge in [-0.1, -0.05) is 0 Å². The van der Waals surface area contributed by atoms with Crippen LogP contribution in [-0.4, -0.2) is 33.9 Å². The number of rotatable bonds is 4. The molecule has 1 unspecified atom stereocenters. The Hall–Kier alpha value is -1.60. The first-order chi connectivity index (χ1) is 7.31. The summed E-state index contributed by atoms with van der Waals surface area (Å²) in [6.45, 7) is -1.06. The number of carbonyl (C=O) groups is 1. The van der Waals surface area contributed by atoms with Crippen LogP contribution in [0.1, 0.15) is 27.9 Å². The van der Waals surface area contributed by atoms with E-state index in [0.29, 0.717) is 0 Å². The zero-order valence-electron chi connectivity index (χ0n) is 8.10. The second kappa shape index (κ2) is 4.11. The van der Waals surface area contributed by atoms with Crippen molar-refractivity contribution in [3.05, 3.63) is 17.0 Å².